The molecule has 2 N–H and O–H groups in total. The van der Waals surface area contributed by atoms with Crippen LogP contribution in [0.25, 0.3) is 11.2 Å². The second-order valence-electron chi connectivity index (χ2n) is 11.1. The average Bonchev–Trinajstić information content (AvgIpc) is 3.72. The second kappa shape index (κ2) is 15.8. The van der Waals surface area contributed by atoms with Gasteiger partial charge in [-0.3, -0.25) is 9.59 Å². The third-order valence-corrected chi connectivity index (χ3v) is 7.89. The van der Waals surface area contributed by atoms with Gasteiger partial charge < -0.3 is 33.9 Å². The van der Waals surface area contributed by atoms with Crippen LogP contribution in [0, 0.1) is 18.4 Å². The molecule has 13 nitrogen and oxygen atoms in total. The van der Waals surface area contributed by atoms with E-state index in [9.17, 15) is 23.9 Å². The van der Waals surface area contributed by atoms with Gasteiger partial charge in [-0.25, -0.2) is 9.78 Å². The molecule has 0 spiro atoms. The van der Waals surface area contributed by atoms with Gasteiger partial charge >= 0.3 is 18.2 Å². The van der Waals surface area contributed by atoms with Crippen molar-refractivity contribution in [1.82, 2.24) is 19.5 Å². The summed E-state index contributed by atoms with van der Waals surface area (Å²) < 4.78 is 36.8. The Bertz CT molecular complexity index is 1350. The van der Waals surface area contributed by atoms with Gasteiger partial charge in [0.15, 0.2) is 28.7 Å². The zero-order valence-corrected chi connectivity index (χ0v) is 25.0. The first-order valence-corrected chi connectivity index (χ1v) is 15.3. The summed E-state index contributed by atoms with van der Waals surface area (Å²) in [5.41, 5.74) is -1.72. The number of carbonyl (C=O) groups excluding carboxylic acids is 3. The van der Waals surface area contributed by atoms with E-state index in [0.717, 1.165) is 19.3 Å². The van der Waals surface area contributed by atoms with Crippen LogP contribution in [0.4, 0.5) is 15.0 Å². The topological polar surface area (TPSA) is 164 Å². The van der Waals surface area contributed by atoms with Crippen LogP contribution in [0.15, 0.2) is 6.33 Å². The second-order valence-corrected chi connectivity index (χ2v) is 11.1. The van der Waals surface area contributed by atoms with Crippen molar-refractivity contribution in [3.8, 4) is 12.3 Å². The van der Waals surface area contributed by atoms with Gasteiger partial charge in [-0.1, -0.05) is 70.6 Å². The number of hydrogen-bond acceptors (Lipinski definition) is 11. The van der Waals surface area contributed by atoms with Crippen molar-refractivity contribution in [3.05, 3.63) is 12.4 Å². The number of cyclic esters (lactones) is 1. The molecular formula is C30H40FN5O8. The van der Waals surface area contributed by atoms with Crippen LogP contribution in [0.2, 0.25) is 0 Å². The smallest absolute Gasteiger partial charge is 0.452 e. The number of ether oxygens (including phenoxy) is 4. The number of hydrogen-bond donors (Lipinski definition) is 2. The molecule has 2 aliphatic rings. The first-order chi connectivity index (χ1) is 21.3. The lowest BCUT2D eigenvalue weighted by Gasteiger charge is -2.26. The number of amides is 1. The van der Waals surface area contributed by atoms with E-state index in [4.69, 9.17) is 25.4 Å². The zero-order valence-electron chi connectivity index (χ0n) is 25.0. The molecule has 2 aliphatic heterocycles. The van der Waals surface area contributed by atoms with Gasteiger partial charge in [0.25, 0.3) is 5.91 Å². The Morgan fingerprint density at radius 3 is 2.52 bits per heavy atom. The quantitative estimate of drug-likeness (QED) is 0.121. The molecule has 0 saturated carbocycles. The molecule has 44 heavy (non-hydrogen) atoms. The van der Waals surface area contributed by atoms with Crippen molar-refractivity contribution < 1.29 is 42.8 Å². The highest BCUT2D eigenvalue weighted by Crippen LogP contribution is 2.36. The van der Waals surface area contributed by atoms with Gasteiger partial charge in [0.2, 0.25) is 0 Å². The lowest BCUT2D eigenvalue weighted by molar-refractivity contribution is -0.146. The maximum absolute atomic E-state index is 14.4. The van der Waals surface area contributed by atoms with E-state index in [0.29, 0.717) is 6.42 Å². The van der Waals surface area contributed by atoms with Crippen LogP contribution < -0.4 is 5.32 Å². The van der Waals surface area contributed by atoms with Crippen molar-refractivity contribution in [2.75, 3.05) is 25.1 Å². The lowest BCUT2D eigenvalue weighted by Crippen LogP contribution is -2.45. The summed E-state index contributed by atoms with van der Waals surface area (Å²) in [6, 6.07) is -0.893. The Labute approximate surface area is 255 Å². The van der Waals surface area contributed by atoms with Crippen molar-refractivity contribution in [2.24, 2.45) is 0 Å². The van der Waals surface area contributed by atoms with Crippen molar-refractivity contribution in [3.63, 3.8) is 0 Å². The normalized spacial score (nSPS) is 23.0. The van der Waals surface area contributed by atoms with Crippen LogP contribution in [-0.4, -0.2) is 80.3 Å². The number of terminal acetylenes is 1. The predicted octanol–water partition coefficient (Wildman–Crippen LogP) is 3.99. The maximum Gasteiger partial charge on any atom is 0.508 e. The van der Waals surface area contributed by atoms with Crippen LogP contribution in [0.5, 0.6) is 0 Å². The van der Waals surface area contributed by atoms with E-state index >= 15 is 0 Å². The fourth-order valence-electron chi connectivity index (χ4n) is 5.33. The first-order valence-electron chi connectivity index (χ1n) is 15.3. The summed E-state index contributed by atoms with van der Waals surface area (Å²) in [7, 11) is 0. The molecule has 4 heterocycles. The molecule has 14 heteroatoms. The van der Waals surface area contributed by atoms with E-state index in [-0.39, 0.29) is 43.0 Å². The van der Waals surface area contributed by atoms with E-state index in [1.807, 2.05) is 0 Å². The number of carbonyl (C=O) groups is 3. The minimum atomic E-state index is -1.70. The van der Waals surface area contributed by atoms with Crippen molar-refractivity contribution in [2.45, 2.75) is 108 Å². The molecule has 1 unspecified atom stereocenters. The Balaban J connectivity index is 1.27. The molecule has 240 valence electrons. The SMILES string of the molecule is C#C[C@]1(COC(=O)OCCCCCCCCCCCC)OCC(n2cnc3c(NC(=O)[C@H]4CCC(=O)O4)nc(F)nc32)[C@@H]1O. The number of halogens is 1. The third kappa shape index (κ3) is 8.21. The average molecular weight is 618 g/mol. The largest absolute Gasteiger partial charge is 0.508 e. The number of imidazole rings is 1. The number of nitrogens with zero attached hydrogens (tertiary/aromatic N) is 4. The van der Waals surface area contributed by atoms with Gasteiger partial charge in [-0.15, -0.1) is 6.42 Å². The van der Waals surface area contributed by atoms with Gasteiger partial charge in [-0.05, 0) is 6.42 Å². The van der Waals surface area contributed by atoms with Gasteiger partial charge in [0.1, 0.15) is 12.7 Å². The number of nitrogens with one attached hydrogen (secondary N) is 1. The molecule has 2 aromatic heterocycles. The molecule has 1 amide bonds. The molecule has 2 fully saturated rings. The molecular weight excluding hydrogens is 577 g/mol. The van der Waals surface area contributed by atoms with E-state index in [1.54, 1.807) is 0 Å². The van der Waals surface area contributed by atoms with E-state index in [1.165, 1.54) is 49.4 Å². The summed E-state index contributed by atoms with van der Waals surface area (Å²) in [5.74, 6) is 0.952. The summed E-state index contributed by atoms with van der Waals surface area (Å²) in [6.45, 7) is 1.80. The third-order valence-electron chi connectivity index (χ3n) is 7.89. The maximum atomic E-state index is 14.4. The summed E-state index contributed by atoms with van der Waals surface area (Å²) in [5, 5.41) is 13.6. The molecule has 0 bridgehead atoms. The predicted molar refractivity (Wildman–Crippen MR) is 155 cm³/mol. The number of aliphatic hydroxyl groups is 1. The summed E-state index contributed by atoms with van der Waals surface area (Å²) in [4.78, 5) is 47.7. The number of fused-ring (bicyclic) bond motifs is 1. The summed E-state index contributed by atoms with van der Waals surface area (Å²) in [6.07, 6.45) is 14.2. The highest BCUT2D eigenvalue weighted by atomic mass is 19.1. The minimum absolute atomic E-state index is 0.0290. The fraction of sp³-hybridized carbons (Fsp3) is 0.667. The van der Waals surface area contributed by atoms with Crippen LogP contribution in [0.3, 0.4) is 0 Å². The van der Waals surface area contributed by atoms with Crippen LogP contribution in [-0.2, 0) is 28.5 Å². The Morgan fingerprint density at radius 1 is 1.16 bits per heavy atom. The number of aromatic nitrogens is 4. The number of rotatable bonds is 16. The van der Waals surface area contributed by atoms with Crippen molar-refractivity contribution in [1.29, 1.82) is 0 Å². The minimum Gasteiger partial charge on any atom is -0.452 e. The Kier molecular flexibility index (Phi) is 11.8. The zero-order chi connectivity index (χ0) is 31.5. The first kappa shape index (κ1) is 33.1. The van der Waals surface area contributed by atoms with E-state index < -0.39 is 54.6 Å². The number of esters is 1. The molecule has 0 aromatic carbocycles. The monoisotopic (exact) mass is 617 g/mol. The molecule has 2 saturated heterocycles. The standard InChI is InChI=1S/C30H40FN5O8/c1-3-5-6-7-8-9-10-11-12-13-16-41-29(40)42-18-30(4-2)24(38)20(17-43-30)36-19-32-23-25(34-28(31)35-26(23)36)33-27(39)21-14-15-22(37)44-21/h2,19-21,24,38H,3,5-18H2,1H3,(H,33,34,35,39)/t20?,21-,24+,30-/m1/s1. The highest BCUT2D eigenvalue weighted by Gasteiger charge is 2.51. The van der Waals surface area contributed by atoms with Gasteiger partial charge in [0, 0.05) is 12.8 Å². The van der Waals surface area contributed by atoms with Crippen LogP contribution >= 0.6 is 0 Å². The number of anilines is 1. The molecule has 2 aromatic rings. The Morgan fingerprint density at radius 2 is 1.86 bits per heavy atom. The van der Waals surface area contributed by atoms with Crippen molar-refractivity contribution >= 4 is 35.0 Å². The molecule has 4 rings (SSSR count). The number of unbranched alkanes of at least 4 members (excludes halogenated alkanes) is 9. The van der Waals surface area contributed by atoms with Gasteiger partial charge in [0.05, 0.1) is 25.6 Å². The Hall–Kier alpha value is -3.83. The molecule has 0 aliphatic carbocycles. The lowest BCUT2D eigenvalue weighted by atomic mass is 9.96. The van der Waals surface area contributed by atoms with E-state index in [2.05, 4.69) is 33.1 Å². The molecule has 0 radical (unpaired) electrons. The molecule has 4 atom stereocenters. The van der Waals surface area contributed by atoms with Gasteiger partial charge in [-0.2, -0.15) is 14.4 Å². The fourth-order valence-corrected chi connectivity index (χ4v) is 5.33. The van der Waals surface area contributed by atoms with Crippen LogP contribution in [0.1, 0.15) is 90.0 Å². The highest BCUT2D eigenvalue weighted by molar-refractivity contribution is 6.00. The summed E-state index contributed by atoms with van der Waals surface area (Å²) >= 11 is 0. The number of aliphatic hydroxyl groups excluding tert-OH is 1.